The second-order valence-electron chi connectivity index (χ2n) is 2.59. The summed E-state index contributed by atoms with van der Waals surface area (Å²) in [7, 11) is 1.83. The maximum atomic E-state index is 5.83. The van der Waals surface area contributed by atoms with Crippen LogP contribution in [0.2, 0.25) is 15.1 Å². The minimum atomic E-state index is 0.368. The van der Waals surface area contributed by atoms with E-state index in [1.807, 2.05) is 7.05 Å². The van der Waals surface area contributed by atoms with Crippen molar-refractivity contribution in [1.29, 1.82) is 0 Å². The predicted octanol–water partition coefficient (Wildman–Crippen LogP) is 3.22. The fourth-order valence-corrected chi connectivity index (χ4v) is 1.46. The Labute approximate surface area is 98.4 Å². The molecule has 0 aromatic heterocycles. The van der Waals surface area contributed by atoms with Gasteiger partial charge in [-0.1, -0.05) is 46.6 Å². The Bertz CT molecular complexity index is 367. The molecule has 0 amide bonds. The zero-order valence-corrected chi connectivity index (χ0v) is 9.76. The summed E-state index contributed by atoms with van der Waals surface area (Å²) < 4.78 is 0. The van der Waals surface area contributed by atoms with Crippen molar-refractivity contribution in [2.24, 2.45) is 0 Å². The second-order valence-corrected chi connectivity index (χ2v) is 3.78. The van der Waals surface area contributed by atoms with Crippen LogP contribution in [0.1, 0.15) is 5.56 Å². The molecule has 0 spiro atoms. The van der Waals surface area contributed by atoms with Crippen molar-refractivity contribution in [1.82, 2.24) is 5.32 Å². The van der Waals surface area contributed by atoms with Crippen molar-refractivity contribution in [3.63, 3.8) is 0 Å². The molecule has 0 heterocycles. The molecule has 1 aromatic rings. The van der Waals surface area contributed by atoms with Gasteiger partial charge in [0.05, 0.1) is 21.6 Å². The van der Waals surface area contributed by atoms with E-state index in [0.717, 1.165) is 5.56 Å². The third-order valence-electron chi connectivity index (χ3n) is 1.48. The number of nitrogens with one attached hydrogen (secondary N) is 1. The van der Waals surface area contributed by atoms with Crippen molar-refractivity contribution < 1.29 is 0 Å². The molecule has 1 N–H and O–H groups in total. The number of benzene rings is 1. The molecule has 0 saturated heterocycles. The van der Waals surface area contributed by atoms with E-state index in [0.29, 0.717) is 21.6 Å². The average Bonchev–Trinajstić information content (AvgIpc) is 2.14. The quantitative estimate of drug-likeness (QED) is 0.594. The minimum absolute atomic E-state index is 0.368. The highest BCUT2D eigenvalue weighted by Gasteiger charge is 2.03. The van der Waals surface area contributed by atoms with E-state index in [2.05, 4.69) is 17.2 Å². The van der Waals surface area contributed by atoms with Gasteiger partial charge in [-0.15, -0.1) is 0 Å². The van der Waals surface area contributed by atoms with Gasteiger partial charge in [-0.25, -0.2) is 0 Å². The fourth-order valence-electron chi connectivity index (χ4n) is 0.862. The molecule has 0 aliphatic carbocycles. The van der Waals surface area contributed by atoms with Crippen LogP contribution in [0.3, 0.4) is 0 Å². The molecular formula is C10H8Cl3N. The molecule has 1 rings (SSSR count). The van der Waals surface area contributed by atoms with Gasteiger partial charge in [0, 0.05) is 5.56 Å². The first-order valence-electron chi connectivity index (χ1n) is 3.93. The molecular weight excluding hydrogens is 240 g/mol. The van der Waals surface area contributed by atoms with Gasteiger partial charge in [-0.2, -0.15) is 0 Å². The molecule has 14 heavy (non-hydrogen) atoms. The smallest absolute Gasteiger partial charge is 0.0779 e. The van der Waals surface area contributed by atoms with E-state index in [9.17, 15) is 0 Å². The second kappa shape index (κ2) is 5.48. The Kier molecular flexibility index (Phi) is 4.57. The molecule has 1 nitrogen and oxygen atoms in total. The summed E-state index contributed by atoms with van der Waals surface area (Å²) in [5, 5.41) is 4.13. The SMILES string of the molecule is CNCC#Cc1cc(Cl)c(Cl)c(Cl)c1. The van der Waals surface area contributed by atoms with Crippen molar-refractivity contribution >= 4 is 34.8 Å². The lowest BCUT2D eigenvalue weighted by Gasteiger charge is -1.99. The van der Waals surface area contributed by atoms with Crippen LogP contribution in [-0.2, 0) is 0 Å². The Morgan fingerprint density at radius 3 is 2.29 bits per heavy atom. The third-order valence-corrected chi connectivity index (χ3v) is 2.68. The first-order valence-corrected chi connectivity index (χ1v) is 5.06. The Balaban J connectivity index is 2.97. The van der Waals surface area contributed by atoms with E-state index in [1.165, 1.54) is 0 Å². The standard InChI is InChI=1S/C10H8Cl3N/c1-14-4-2-3-7-5-8(11)10(13)9(12)6-7/h5-6,14H,4H2,1H3. The topological polar surface area (TPSA) is 12.0 Å². The van der Waals surface area contributed by atoms with Crippen molar-refractivity contribution in [2.45, 2.75) is 0 Å². The average molecular weight is 249 g/mol. The minimum Gasteiger partial charge on any atom is -0.309 e. The summed E-state index contributed by atoms with van der Waals surface area (Å²) >= 11 is 17.5. The number of hydrogen-bond donors (Lipinski definition) is 1. The Morgan fingerprint density at radius 1 is 1.21 bits per heavy atom. The molecule has 0 bridgehead atoms. The van der Waals surface area contributed by atoms with Crippen LogP contribution in [0.4, 0.5) is 0 Å². The van der Waals surface area contributed by atoms with Crippen LogP contribution in [-0.4, -0.2) is 13.6 Å². The summed E-state index contributed by atoms with van der Waals surface area (Å²) in [5.74, 6) is 5.82. The monoisotopic (exact) mass is 247 g/mol. The first kappa shape index (κ1) is 11.7. The lowest BCUT2D eigenvalue weighted by atomic mass is 10.2. The molecule has 0 saturated carbocycles. The molecule has 0 atom stereocenters. The van der Waals surface area contributed by atoms with Gasteiger partial charge in [-0.05, 0) is 19.2 Å². The summed E-state index contributed by atoms with van der Waals surface area (Å²) in [6.45, 7) is 0.623. The molecule has 4 heteroatoms. The maximum absolute atomic E-state index is 5.83. The van der Waals surface area contributed by atoms with Gasteiger partial charge in [0.1, 0.15) is 0 Å². The van der Waals surface area contributed by atoms with Gasteiger partial charge in [-0.3, -0.25) is 0 Å². The molecule has 0 aliphatic heterocycles. The summed E-state index contributed by atoms with van der Waals surface area (Å²) in [5.41, 5.74) is 0.764. The van der Waals surface area contributed by atoms with Gasteiger partial charge >= 0.3 is 0 Å². The van der Waals surface area contributed by atoms with Crippen LogP contribution < -0.4 is 5.32 Å². The molecule has 0 radical (unpaired) electrons. The number of rotatable bonds is 1. The van der Waals surface area contributed by atoms with Crippen LogP contribution >= 0.6 is 34.8 Å². The summed E-state index contributed by atoms with van der Waals surface area (Å²) in [4.78, 5) is 0. The molecule has 0 unspecified atom stereocenters. The molecule has 74 valence electrons. The summed E-state index contributed by atoms with van der Waals surface area (Å²) in [6, 6.07) is 3.39. The third kappa shape index (κ3) is 3.08. The Morgan fingerprint density at radius 2 is 1.79 bits per heavy atom. The highest BCUT2D eigenvalue weighted by atomic mass is 35.5. The molecule has 0 fully saturated rings. The molecule has 0 aliphatic rings. The van der Waals surface area contributed by atoms with Crippen LogP contribution in [0.25, 0.3) is 0 Å². The van der Waals surface area contributed by atoms with Gasteiger partial charge in [0.25, 0.3) is 0 Å². The van der Waals surface area contributed by atoms with Crippen LogP contribution in [0, 0.1) is 11.8 Å². The number of hydrogen-bond acceptors (Lipinski definition) is 1. The lowest BCUT2D eigenvalue weighted by Crippen LogP contribution is -2.04. The van der Waals surface area contributed by atoms with Gasteiger partial charge in [0.15, 0.2) is 0 Å². The molecule has 1 aromatic carbocycles. The highest BCUT2D eigenvalue weighted by Crippen LogP contribution is 2.30. The van der Waals surface area contributed by atoms with Crippen LogP contribution in [0.5, 0.6) is 0 Å². The largest absolute Gasteiger partial charge is 0.309 e. The first-order chi connectivity index (χ1) is 6.65. The summed E-state index contributed by atoms with van der Waals surface area (Å²) in [6.07, 6.45) is 0. The van der Waals surface area contributed by atoms with E-state index in [1.54, 1.807) is 12.1 Å². The van der Waals surface area contributed by atoms with E-state index in [-0.39, 0.29) is 0 Å². The van der Waals surface area contributed by atoms with Crippen molar-refractivity contribution in [3.05, 3.63) is 32.8 Å². The highest BCUT2D eigenvalue weighted by molar-refractivity contribution is 6.48. The normalized spacial score (nSPS) is 9.43. The van der Waals surface area contributed by atoms with Crippen molar-refractivity contribution in [3.8, 4) is 11.8 Å². The van der Waals surface area contributed by atoms with E-state index in [4.69, 9.17) is 34.8 Å². The van der Waals surface area contributed by atoms with Gasteiger partial charge in [0.2, 0.25) is 0 Å². The zero-order valence-electron chi connectivity index (χ0n) is 7.50. The van der Waals surface area contributed by atoms with Crippen LogP contribution in [0.15, 0.2) is 12.1 Å². The predicted molar refractivity (Wildman–Crippen MR) is 62.3 cm³/mol. The lowest BCUT2D eigenvalue weighted by molar-refractivity contribution is 0.938. The van der Waals surface area contributed by atoms with Crippen molar-refractivity contribution in [2.75, 3.05) is 13.6 Å². The fraction of sp³-hybridized carbons (Fsp3) is 0.200. The Hall–Kier alpha value is -0.390. The van der Waals surface area contributed by atoms with E-state index < -0.39 is 0 Å². The number of halogens is 3. The van der Waals surface area contributed by atoms with E-state index >= 15 is 0 Å². The zero-order chi connectivity index (χ0) is 10.6. The maximum Gasteiger partial charge on any atom is 0.0779 e. The van der Waals surface area contributed by atoms with Gasteiger partial charge < -0.3 is 5.32 Å².